The second-order valence-electron chi connectivity index (χ2n) is 7.08. The molecule has 2 aliphatic carbocycles. The van der Waals surface area contributed by atoms with Crippen molar-refractivity contribution in [2.75, 3.05) is 13.1 Å². The summed E-state index contributed by atoms with van der Waals surface area (Å²) in [6, 6.07) is 2.04. The molecule has 10 heteroatoms. The normalized spacial score (nSPS) is 28.3. The number of benzene rings is 1. The Balaban J connectivity index is 1.46. The maximum atomic E-state index is 14.3. The van der Waals surface area contributed by atoms with Gasteiger partial charge in [-0.3, -0.25) is 4.79 Å². The molecule has 4 rings (SSSR count). The number of ether oxygens (including phenoxy) is 1. The van der Waals surface area contributed by atoms with E-state index in [0.717, 1.165) is 29.3 Å². The highest BCUT2D eigenvalue weighted by Crippen LogP contribution is 2.52. The van der Waals surface area contributed by atoms with Gasteiger partial charge in [-0.2, -0.15) is 12.7 Å². The third kappa shape index (κ3) is 3.39. The smallest absolute Gasteiger partial charge is 0.304 e. The molecule has 2 saturated carbocycles. The average molecular weight is 407 g/mol. The van der Waals surface area contributed by atoms with Crippen LogP contribution in [0.25, 0.3) is 0 Å². The predicted octanol–water partition coefficient (Wildman–Crippen LogP) is 2.28. The van der Waals surface area contributed by atoms with Crippen LogP contribution in [0.5, 0.6) is 5.75 Å². The first kappa shape index (κ1) is 17.9. The topological polar surface area (TPSA) is 75.7 Å². The van der Waals surface area contributed by atoms with Crippen molar-refractivity contribution >= 4 is 27.7 Å². The molecule has 3 aliphatic rings. The van der Waals surface area contributed by atoms with Gasteiger partial charge < -0.3 is 4.74 Å². The first-order valence-corrected chi connectivity index (χ1v) is 10.2. The third-order valence-electron chi connectivity index (χ3n) is 5.13. The van der Waals surface area contributed by atoms with Crippen LogP contribution in [0.4, 0.5) is 8.78 Å². The van der Waals surface area contributed by atoms with E-state index in [1.807, 2.05) is 0 Å². The van der Waals surface area contributed by atoms with E-state index < -0.39 is 33.7 Å². The highest BCUT2D eigenvalue weighted by atomic mass is 35.5. The molecule has 1 aliphatic heterocycles. The van der Waals surface area contributed by atoms with E-state index in [1.54, 1.807) is 4.72 Å². The molecule has 1 saturated heterocycles. The number of carbonyl (C=O) groups excluding carboxylic acids is 1. The van der Waals surface area contributed by atoms with Crippen LogP contribution in [0.2, 0.25) is 5.02 Å². The van der Waals surface area contributed by atoms with Crippen LogP contribution in [-0.4, -0.2) is 44.0 Å². The third-order valence-corrected chi connectivity index (χ3v) is 6.84. The number of amides is 1. The van der Waals surface area contributed by atoms with E-state index in [9.17, 15) is 22.0 Å². The number of fused-ring (bicyclic) bond motifs is 1. The summed E-state index contributed by atoms with van der Waals surface area (Å²) in [5.74, 6) is -0.598. The van der Waals surface area contributed by atoms with Gasteiger partial charge in [-0.1, -0.05) is 11.6 Å². The second-order valence-corrected chi connectivity index (χ2v) is 9.16. The van der Waals surface area contributed by atoms with Crippen molar-refractivity contribution in [1.29, 1.82) is 0 Å². The lowest BCUT2D eigenvalue weighted by molar-refractivity contribution is 0.0964. The summed E-state index contributed by atoms with van der Waals surface area (Å²) in [5.41, 5.74) is -0.516. The van der Waals surface area contributed by atoms with Gasteiger partial charge in [0.25, 0.3) is 5.91 Å². The van der Waals surface area contributed by atoms with E-state index in [0.29, 0.717) is 11.8 Å². The number of carbonyl (C=O) groups is 1. The number of hydrogen-bond donors (Lipinski definition) is 1. The molecule has 3 fully saturated rings. The van der Waals surface area contributed by atoms with Crippen LogP contribution >= 0.6 is 11.6 Å². The van der Waals surface area contributed by atoms with Gasteiger partial charge in [0.15, 0.2) is 0 Å². The minimum atomic E-state index is -4.21. The molecule has 0 bridgehead atoms. The Hall–Kier alpha value is -1.45. The summed E-state index contributed by atoms with van der Waals surface area (Å²) in [6.07, 6.45) is 1.76. The van der Waals surface area contributed by atoms with Crippen LogP contribution in [0.15, 0.2) is 12.1 Å². The largest absolute Gasteiger partial charge is 0.489 e. The Morgan fingerprint density at radius 2 is 1.88 bits per heavy atom. The van der Waals surface area contributed by atoms with Gasteiger partial charge in [0, 0.05) is 19.2 Å². The SMILES string of the molecule is O=C(NS(=O)(=O)N1CC(F)C1)c1cc(Cl)c(OC2CC3CC3C2)cc1F. The van der Waals surface area contributed by atoms with Crippen LogP contribution in [0.3, 0.4) is 0 Å². The molecule has 1 aromatic carbocycles. The number of hydrogen-bond acceptors (Lipinski definition) is 4. The minimum absolute atomic E-state index is 0.0178. The number of alkyl halides is 1. The summed E-state index contributed by atoms with van der Waals surface area (Å²) < 4.78 is 59.2. The molecule has 0 spiro atoms. The van der Waals surface area contributed by atoms with Crippen LogP contribution < -0.4 is 9.46 Å². The van der Waals surface area contributed by atoms with Crippen molar-refractivity contribution in [2.45, 2.75) is 31.5 Å². The van der Waals surface area contributed by atoms with Gasteiger partial charge in [0.1, 0.15) is 17.7 Å². The fourth-order valence-electron chi connectivity index (χ4n) is 3.55. The molecule has 6 nitrogen and oxygen atoms in total. The van der Waals surface area contributed by atoms with E-state index in [1.165, 1.54) is 6.42 Å². The van der Waals surface area contributed by atoms with Crippen LogP contribution in [-0.2, 0) is 10.2 Å². The standard InChI is InChI=1S/C16H17ClF2N2O4S/c17-13-4-12(16(22)20-26(23,24)21-6-10(18)7-21)14(19)5-15(13)25-11-2-8-1-9(8)3-11/h4-5,8-11H,1-3,6-7H2,(H,20,22). The lowest BCUT2D eigenvalue weighted by Crippen LogP contribution is -2.56. The van der Waals surface area contributed by atoms with Gasteiger partial charge in [0.05, 0.1) is 16.7 Å². The molecule has 0 aromatic heterocycles. The second kappa shape index (κ2) is 6.31. The minimum Gasteiger partial charge on any atom is -0.489 e. The number of halogens is 3. The van der Waals surface area contributed by atoms with E-state index >= 15 is 0 Å². The monoisotopic (exact) mass is 406 g/mol. The highest BCUT2D eigenvalue weighted by molar-refractivity contribution is 7.87. The highest BCUT2D eigenvalue weighted by Gasteiger charge is 2.47. The molecule has 2 atom stereocenters. The summed E-state index contributed by atoms with van der Waals surface area (Å²) in [7, 11) is -4.21. The fourth-order valence-corrected chi connectivity index (χ4v) is 4.95. The van der Waals surface area contributed by atoms with Crippen molar-refractivity contribution in [1.82, 2.24) is 9.03 Å². The van der Waals surface area contributed by atoms with Crippen molar-refractivity contribution in [3.05, 3.63) is 28.5 Å². The molecule has 0 radical (unpaired) electrons. The van der Waals surface area contributed by atoms with Crippen molar-refractivity contribution in [3.8, 4) is 5.75 Å². The molecule has 142 valence electrons. The number of nitrogens with one attached hydrogen (secondary N) is 1. The van der Waals surface area contributed by atoms with Gasteiger partial charge in [-0.25, -0.2) is 13.5 Å². The van der Waals surface area contributed by atoms with Crippen molar-refractivity contribution in [2.24, 2.45) is 11.8 Å². The van der Waals surface area contributed by atoms with Gasteiger partial charge in [-0.05, 0) is 37.2 Å². The molecule has 1 N–H and O–H groups in total. The van der Waals surface area contributed by atoms with Crippen molar-refractivity contribution in [3.63, 3.8) is 0 Å². The Labute approximate surface area is 154 Å². The predicted molar refractivity (Wildman–Crippen MR) is 89.5 cm³/mol. The zero-order valence-electron chi connectivity index (χ0n) is 13.6. The first-order valence-electron chi connectivity index (χ1n) is 8.35. The quantitative estimate of drug-likeness (QED) is 0.814. The molecule has 26 heavy (non-hydrogen) atoms. The average Bonchev–Trinajstić information content (AvgIpc) is 3.13. The molecule has 1 aromatic rings. The fraction of sp³-hybridized carbons (Fsp3) is 0.562. The Morgan fingerprint density at radius 1 is 1.23 bits per heavy atom. The summed E-state index contributed by atoms with van der Waals surface area (Å²) >= 11 is 6.08. The Bertz CT molecular complexity index is 850. The van der Waals surface area contributed by atoms with Gasteiger partial charge in [0.2, 0.25) is 0 Å². The number of rotatable bonds is 5. The first-order chi connectivity index (χ1) is 12.2. The summed E-state index contributed by atoms with van der Waals surface area (Å²) in [4.78, 5) is 12.1. The maximum Gasteiger partial charge on any atom is 0.304 e. The molecular formula is C16H17ClF2N2O4S. The van der Waals surface area contributed by atoms with E-state index in [2.05, 4.69) is 0 Å². The lowest BCUT2D eigenvalue weighted by atomic mass is 10.1. The zero-order chi connectivity index (χ0) is 18.6. The molecule has 1 heterocycles. The summed E-state index contributed by atoms with van der Waals surface area (Å²) in [6.45, 7) is -0.663. The molecule has 2 unspecified atom stereocenters. The van der Waals surface area contributed by atoms with Crippen LogP contribution in [0.1, 0.15) is 29.6 Å². The summed E-state index contributed by atoms with van der Waals surface area (Å²) in [5, 5.41) is 0.0299. The van der Waals surface area contributed by atoms with Gasteiger partial charge >= 0.3 is 10.2 Å². The van der Waals surface area contributed by atoms with Gasteiger partial charge in [-0.15, -0.1) is 0 Å². The zero-order valence-corrected chi connectivity index (χ0v) is 15.2. The molecule has 1 amide bonds. The molecular weight excluding hydrogens is 390 g/mol. The lowest BCUT2D eigenvalue weighted by Gasteiger charge is -2.32. The maximum absolute atomic E-state index is 14.3. The Morgan fingerprint density at radius 3 is 2.50 bits per heavy atom. The van der Waals surface area contributed by atoms with Crippen LogP contribution in [0, 0.1) is 17.7 Å². The van der Waals surface area contributed by atoms with E-state index in [4.69, 9.17) is 16.3 Å². The Kier molecular flexibility index (Phi) is 4.36. The van der Waals surface area contributed by atoms with Crippen molar-refractivity contribution < 1.29 is 26.7 Å². The number of nitrogens with zero attached hydrogens (tertiary/aromatic N) is 1. The van der Waals surface area contributed by atoms with E-state index in [-0.39, 0.29) is 30.0 Å².